The molecule has 0 fully saturated rings. The molecule has 1 aliphatic rings. The number of benzene rings is 2. The standard InChI is InChI=1S/C28H25N3O4S/c32-24(25(33)28(35)31-16-21-3-1-2-4-22(21)17-31)27(34)30-15-18-5-7-20(8-6-18)26-23(11-14-36-26)19-9-12-29-13-10-19/h1-14,24-25,32-33H,15-17H2,(H,30,34)/t24-,25-/m1/s1. The fraction of sp³-hybridized carbons (Fsp3) is 0.179. The summed E-state index contributed by atoms with van der Waals surface area (Å²) in [6.07, 6.45) is -0.140. The average Bonchev–Trinajstić information content (AvgIpc) is 3.59. The Hall–Kier alpha value is -3.85. The number of fused-ring (bicyclic) bond motifs is 1. The molecule has 0 saturated carbocycles. The lowest BCUT2D eigenvalue weighted by Gasteiger charge is -2.22. The first-order chi connectivity index (χ1) is 17.5. The molecule has 5 rings (SSSR count). The van der Waals surface area contributed by atoms with Crippen molar-refractivity contribution in [1.82, 2.24) is 15.2 Å². The number of carbonyl (C=O) groups is 2. The molecule has 0 saturated heterocycles. The molecule has 2 atom stereocenters. The van der Waals surface area contributed by atoms with Crippen molar-refractivity contribution in [1.29, 1.82) is 0 Å². The van der Waals surface area contributed by atoms with Crippen molar-refractivity contribution in [2.45, 2.75) is 31.8 Å². The van der Waals surface area contributed by atoms with Crippen LogP contribution in [0.3, 0.4) is 0 Å². The topological polar surface area (TPSA) is 103 Å². The Morgan fingerprint density at radius 2 is 1.56 bits per heavy atom. The van der Waals surface area contributed by atoms with E-state index in [-0.39, 0.29) is 6.54 Å². The highest BCUT2D eigenvalue weighted by atomic mass is 32.1. The molecular formula is C28H25N3O4S. The van der Waals surface area contributed by atoms with E-state index in [0.717, 1.165) is 38.3 Å². The Labute approximate surface area is 212 Å². The Morgan fingerprint density at radius 1 is 0.889 bits per heavy atom. The van der Waals surface area contributed by atoms with Gasteiger partial charge in [0.1, 0.15) is 0 Å². The van der Waals surface area contributed by atoms with Crippen molar-refractivity contribution >= 4 is 23.2 Å². The molecular weight excluding hydrogens is 474 g/mol. The highest BCUT2D eigenvalue weighted by Gasteiger charge is 2.35. The van der Waals surface area contributed by atoms with Gasteiger partial charge in [-0.25, -0.2) is 0 Å². The smallest absolute Gasteiger partial charge is 0.255 e. The minimum Gasteiger partial charge on any atom is -0.380 e. The first-order valence-electron chi connectivity index (χ1n) is 11.6. The second kappa shape index (κ2) is 10.4. The maximum atomic E-state index is 12.6. The van der Waals surface area contributed by atoms with Crippen LogP contribution in [0, 0.1) is 0 Å². The maximum Gasteiger partial charge on any atom is 0.255 e. The molecule has 2 aromatic carbocycles. The van der Waals surface area contributed by atoms with Crippen LogP contribution in [0.1, 0.15) is 16.7 Å². The van der Waals surface area contributed by atoms with Gasteiger partial charge in [-0.15, -0.1) is 11.3 Å². The van der Waals surface area contributed by atoms with Crippen LogP contribution >= 0.6 is 11.3 Å². The highest BCUT2D eigenvalue weighted by molar-refractivity contribution is 7.14. The Kier molecular flexibility index (Phi) is 6.90. The minimum absolute atomic E-state index is 0.161. The van der Waals surface area contributed by atoms with E-state index in [1.807, 2.05) is 66.0 Å². The molecule has 2 amide bonds. The van der Waals surface area contributed by atoms with Crippen LogP contribution in [0.15, 0.2) is 84.5 Å². The van der Waals surface area contributed by atoms with E-state index in [9.17, 15) is 19.8 Å². The van der Waals surface area contributed by atoms with Crippen molar-refractivity contribution in [2.75, 3.05) is 0 Å². The summed E-state index contributed by atoms with van der Waals surface area (Å²) in [5, 5.41) is 25.3. The Bertz CT molecular complexity index is 1350. The summed E-state index contributed by atoms with van der Waals surface area (Å²) < 4.78 is 0. The Balaban J connectivity index is 1.17. The third-order valence-corrected chi connectivity index (χ3v) is 7.28. The van der Waals surface area contributed by atoms with Gasteiger partial charge in [0, 0.05) is 42.5 Å². The van der Waals surface area contributed by atoms with Gasteiger partial charge in [0.15, 0.2) is 12.2 Å². The van der Waals surface area contributed by atoms with Crippen LogP contribution in [-0.4, -0.2) is 44.1 Å². The molecule has 4 aromatic rings. The third-order valence-electron chi connectivity index (χ3n) is 6.31. The molecule has 182 valence electrons. The molecule has 3 N–H and O–H groups in total. The fourth-order valence-corrected chi connectivity index (χ4v) is 5.24. The first kappa shape index (κ1) is 23.9. The molecule has 0 spiro atoms. The molecule has 0 unspecified atom stereocenters. The summed E-state index contributed by atoms with van der Waals surface area (Å²) in [6.45, 7) is 0.855. The molecule has 1 aliphatic heterocycles. The zero-order valence-electron chi connectivity index (χ0n) is 19.4. The van der Waals surface area contributed by atoms with Crippen molar-refractivity contribution < 1.29 is 19.8 Å². The molecule has 36 heavy (non-hydrogen) atoms. The number of hydrogen-bond acceptors (Lipinski definition) is 6. The van der Waals surface area contributed by atoms with Gasteiger partial charge in [0.2, 0.25) is 0 Å². The number of rotatable bonds is 7. The van der Waals surface area contributed by atoms with Crippen molar-refractivity contribution in [3.8, 4) is 21.6 Å². The van der Waals surface area contributed by atoms with Crippen molar-refractivity contribution in [2.24, 2.45) is 0 Å². The lowest BCUT2D eigenvalue weighted by molar-refractivity contribution is -0.153. The van der Waals surface area contributed by atoms with Gasteiger partial charge in [-0.1, -0.05) is 48.5 Å². The summed E-state index contributed by atoms with van der Waals surface area (Å²) >= 11 is 1.65. The van der Waals surface area contributed by atoms with E-state index >= 15 is 0 Å². The molecule has 8 heteroatoms. The second-order valence-corrected chi connectivity index (χ2v) is 9.58. The lowest BCUT2D eigenvalue weighted by atomic mass is 10.0. The Morgan fingerprint density at radius 3 is 2.22 bits per heavy atom. The molecule has 7 nitrogen and oxygen atoms in total. The molecule has 0 bridgehead atoms. The molecule has 3 heterocycles. The maximum absolute atomic E-state index is 12.6. The molecule has 2 aromatic heterocycles. The predicted octanol–water partition coefficient (Wildman–Crippen LogP) is 3.36. The van der Waals surface area contributed by atoms with Gasteiger partial charge in [-0.05, 0) is 51.4 Å². The normalized spacial score (nSPS) is 14.2. The summed E-state index contributed by atoms with van der Waals surface area (Å²) in [6, 6.07) is 21.4. The van der Waals surface area contributed by atoms with Crippen LogP contribution in [0.5, 0.6) is 0 Å². The number of pyridine rings is 1. The number of aromatic nitrogens is 1. The van der Waals surface area contributed by atoms with Crippen LogP contribution < -0.4 is 5.32 Å². The highest BCUT2D eigenvalue weighted by Crippen LogP contribution is 2.36. The number of carbonyl (C=O) groups excluding carboxylic acids is 2. The van der Waals surface area contributed by atoms with Crippen LogP contribution in [0.4, 0.5) is 0 Å². The van der Waals surface area contributed by atoms with Gasteiger partial charge < -0.3 is 20.4 Å². The number of thiophene rings is 1. The van der Waals surface area contributed by atoms with Gasteiger partial charge in [-0.2, -0.15) is 0 Å². The zero-order valence-corrected chi connectivity index (χ0v) is 20.2. The van der Waals surface area contributed by atoms with E-state index in [0.29, 0.717) is 13.1 Å². The zero-order chi connectivity index (χ0) is 25.1. The lowest BCUT2D eigenvalue weighted by Crippen LogP contribution is -2.49. The van der Waals surface area contributed by atoms with E-state index in [4.69, 9.17) is 0 Å². The minimum atomic E-state index is -1.85. The number of nitrogens with one attached hydrogen (secondary N) is 1. The molecule has 0 radical (unpaired) electrons. The SMILES string of the molecule is O=C(NCc1ccc(-c2sccc2-c2ccncc2)cc1)[C@H](O)[C@@H](O)C(=O)N1Cc2ccccc2C1. The summed E-state index contributed by atoms with van der Waals surface area (Å²) in [5.41, 5.74) is 6.10. The second-order valence-electron chi connectivity index (χ2n) is 8.67. The number of amides is 2. The number of aliphatic hydroxyl groups excluding tert-OH is 2. The van der Waals surface area contributed by atoms with Crippen LogP contribution in [-0.2, 0) is 29.2 Å². The van der Waals surface area contributed by atoms with E-state index in [2.05, 4.69) is 16.4 Å². The largest absolute Gasteiger partial charge is 0.380 e. The molecule has 0 aliphatic carbocycles. The van der Waals surface area contributed by atoms with E-state index in [1.165, 1.54) is 4.90 Å². The fourth-order valence-electron chi connectivity index (χ4n) is 4.31. The number of nitrogens with zero attached hydrogens (tertiary/aromatic N) is 2. The van der Waals surface area contributed by atoms with Gasteiger partial charge in [-0.3, -0.25) is 14.6 Å². The van der Waals surface area contributed by atoms with Gasteiger partial charge >= 0.3 is 0 Å². The summed E-state index contributed by atoms with van der Waals surface area (Å²) in [5.74, 6) is -1.46. The van der Waals surface area contributed by atoms with Crippen molar-refractivity contribution in [3.05, 3.63) is 101 Å². The quantitative estimate of drug-likeness (QED) is 0.362. The number of hydrogen-bond donors (Lipinski definition) is 3. The predicted molar refractivity (Wildman–Crippen MR) is 138 cm³/mol. The van der Waals surface area contributed by atoms with Gasteiger partial charge in [0.25, 0.3) is 11.8 Å². The summed E-state index contributed by atoms with van der Waals surface area (Å²) in [7, 11) is 0. The average molecular weight is 500 g/mol. The van der Waals surface area contributed by atoms with E-state index < -0.39 is 24.0 Å². The number of aliphatic hydroxyl groups is 2. The summed E-state index contributed by atoms with van der Waals surface area (Å²) in [4.78, 5) is 31.8. The van der Waals surface area contributed by atoms with Crippen LogP contribution in [0.2, 0.25) is 0 Å². The van der Waals surface area contributed by atoms with E-state index in [1.54, 1.807) is 23.7 Å². The first-order valence-corrected chi connectivity index (χ1v) is 12.5. The monoisotopic (exact) mass is 499 g/mol. The van der Waals surface area contributed by atoms with Crippen LogP contribution in [0.25, 0.3) is 21.6 Å². The third kappa shape index (κ3) is 4.92. The van der Waals surface area contributed by atoms with Gasteiger partial charge in [0.05, 0.1) is 0 Å². The van der Waals surface area contributed by atoms with Crippen molar-refractivity contribution in [3.63, 3.8) is 0 Å².